The summed E-state index contributed by atoms with van der Waals surface area (Å²) >= 11 is 0. The van der Waals surface area contributed by atoms with Gasteiger partial charge >= 0.3 is 0 Å². The Morgan fingerprint density at radius 3 is 2.50 bits per heavy atom. The molecule has 0 radical (unpaired) electrons. The molecular formula is C19H33N2O+. The molecule has 2 fully saturated rings. The van der Waals surface area contributed by atoms with Crippen molar-refractivity contribution in [2.75, 3.05) is 32.7 Å². The lowest BCUT2D eigenvalue weighted by atomic mass is 9.94. The summed E-state index contributed by atoms with van der Waals surface area (Å²) in [5, 5.41) is 0. The highest BCUT2D eigenvalue weighted by molar-refractivity contribution is 5.76. The van der Waals surface area contributed by atoms with Crippen molar-refractivity contribution in [3.05, 3.63) is 12.2 Å². The van der Waals surface area contributed by atoms with Crippen LogP contribution in [0, 0.1) is 11.8 Å². The van der Waals surface area contributed by atoms with Crippen LogP contribution < -0.4 is 4.90 Å². The molecule has 0 bridgehead atoms. The van der Waals surface area contributed by atoms with Crippen LogP contribution in [0.25, 0.3) is 0 Å². The van der Waals surface area contributed by atoms with E-state index in [9.17, 15) is 4.79 Å². The highest BCUT2D eigenvalue weighted by atomic mass is 16.2. The number of carbonyl (C=O) groups is 1. The van der Waals surface area contributed by atoms with Gasteiger partial charge in [-0.2, -0.15) is 0 Å². The first-order valence-corrected chi connectivity index (χ1v) is 9.57. The second kappa shape index (κ2) is 8.14. The lowest BCUT2D eigenvalue weighted by molar-refractivity contribution is -0.907. The molecule has 1 N–H and O–H groups in total. The monoisotopic (exact) mass is 305 g/mol. The number of piperazine rings is 1. The predicted octanol–water partition coefficient (Wildman–Crippen LogP) is 2.04. The molecule has 0 unspecified atom stereocenters. The normalized spacial score (nSPS) is 27.5. The number of quaternary nitrogens is 1. The SMILES string of the molecule is O=C(CCC1CCCC1)N1CC[NH+](C[C@@H]2CC=CCC2)CC1. The summed E-state index contributed by atoms with van der Waals surface area (Å²) in [6.45, 7) is 5.61. The third kappa shape index (κ3) is 4.58. The van der Waals surface area contributed by atoms with E-state index >= 15 is 0 Å². The van der Waals surface area contributed by atoms with Crippen molar-refractivity contribution in [3.63, 3.8) is 0 Å². The number of carbonyl (C=O) groups excluding carboxylic acids is 1. The van der Waals surface area contributed by atoms with Crippen molar-refractivity contribution in [1.82, 2.24) is 4.90 Å². The van der Waals surface area contributed by atoms with Gasteiger partial charge in [-0.1, -0.05) is 37.8 Å². The van der Waals surface area contributed by atoms with Crippen molar-refractivity contribution >= 4 is 5.91 Å². The van der Waals surface area contributed by atoms with Crippen molar-refractivity contribution < 1.29 is 9.69 Å². The maximum absolute atomic E-state index is 12.4. The lowest BCUT2D eigenvalue weighted by Gasteiger charge is -2.34. The van der Waals surface area contributed by atoms with E-state index in [1.165, 1.54) is 51.5 Å². The van der Waals surface area contributed by atoms with Crippen LogP contribution in [0.1, 0.15) is 57.8 Å². The zero-order valence-corrected chi connectivity index (χ0v) is 14.1. The Morgan fingerprint density at radius 1 is 1.05 bits per heavy atom. The Kier molecular flexibility index (Phi) is 5.94. The average molecular weight is 305 g/mol. The summed E-state index contributed by atoms with van der Waals surface area (Å²) in [4.78, 5) is 16.2. The van der Waals surface area contributed by atoms with Crippen molar-refractivity contribution in [2.45, 2.75) is 57.8 Å². The fraction of sp³-hybridized carbons (Fsp3) is 0.842. The number of rotatable bonds is 5. The largest absolute Gasteiger partial charge is 0.332 e. The molecule has 3 nitrogen and oxygen atoms in total. The van der Waals surface area contributed by atoms with E-state index in [1.807, 2.05) is 0 Å². The quantitative estimate of drug-likeness (QED) is 0.773. The van der Waals surface area contributed by atoms with E-state index in [2.05, 4.69) is 17.1 Å². The van der Waals surface area contributed by atoms with E-state index in [-0.39, 0.29) is 0 Å². The van der Waals surface area contributed by atoms with Crippen LogP contribution >= 0.6 is 0 Å². The number of nitrogens with zero attached hydrogens (tertiary/aromatic N) is 1. The topological polar surface area (TPSA) is 24.8 Å². The molecule has 0 aromatic rings. The van der Waals surface area contributed by atoms with Gasteiger partial charge in [0.2, 0.25) is 5.91 Å². The summed E-state index contributed by atoms with van der Waals surface area (Å²) in [5.41, 5.74) is 0. The molecule has 3 aliphatic rings. The van der Waals surface area contributed by atoms with Crippen molar-refractivity contribution in [3.8, 4) is 0 Å². The minimum atomic E-state index is 0.423. The van der Waals surface area contributed by atoms with Crippen LogP contribution in [-0.4, -0.2) is 43.5 Å². The standard InChI is InChI=1S/C19H32N2O/c22-19(11-10-17-6-4-5-7-17)21-14-12-20(13-15-21)16-18-8-2-1-3-9-18/h1-2,17-18H,3-16H2/p+1/t18-/m1/s1. The Labute approximate surface area is 135 Å². The summed E-state index contributed by atoms with van der Waals surface area (Å²) in [6, 6.07) is 0. The van der Waals surface area contributed by atoms with Gasteiger partial charge in [0.15, 0.2) is 0 Å². The number of amides is 1. The van der Waals surface area contributed by atoms with E-state index in [1.54, 1.807) is 4.90 Å². The lowest BCUT2D eigenvalue weighted by Crippen LogP contribution is -3.15. The number of hydrogen-bond acceptors (Lipinski definition) is 1. The van der Waals surface area contributed by atoms with Gasteiger partial charge in [0.1, 0.15) is 0 Å². The molecule has 3 heteroatoms. The Hall–Kier alpha value is -0.830. The fourth-order valence-corrected chi connectivity index (χ4v) is 4.51. The number of hydrogen-bond donors (Lipinski definition) is 1. The predicted molar refractivity (Wildman–Crippen MR) is 89.8 cm³/mol. The maximum Gasteiger partial charge on any atom is 0.222 e. The summed E-state index contributed by atoms with van der Waals surface area (Å²) in [6.07, 6.45) is 16.0. The molecule has 1 heterocycles. The van der Waals surface area contributed by atoms with Gasteiger partial charge in [-0.3, -0.25) is 4.79 Å². The molecule has 2 aliphatic carbocycles. The molecule has 0 aromatic heterocycles. The molecule has 1 amide bonds. The van der Waals surface area contributed by atoms with Crippen molar-refractivity contribution in [2.24, 2.45) is 11.8 Å². The minimum absolute atomic E-state index is 0.423. The van der Waals surface area contributed by atoms with E-state index in [0.29, 0.717) is 5.91 Å². The molecule has 1 saturated carbocycles. The summed E-state index contributed by atoms with van der Waals surface area (Å²) in [7, 11) is 0. The first-order valence-electron chi connectivity index (χ1n) is 9.57. The van der Waals surface area contributed by atoms with Gasteiger partial charge in [-0.25, -0.2) is 0 Å². The molecule has 124 valence electrons. The van der Waals surface area contributed by atoms with Crippen LogP contribution in [0.3, 0.4) is 0 Å². The van der Waals surface area contributed by atoms with Gasteiger partial charge in [-0.15, -0.1) is 0 Å². The Balaban J connectivity index is 1.33. The van der Waals surface area contributed by atoms with E-state index < -0.39 is 0 Å². The highest BCUT2D eigenvalue weighted by Crippen LogP contribution is 2.28. The van der Waals surface area contributed by atoms with Crippen LogP contribution in [0.4, 0.5) is 0 Å². The minimum Gasteiger partial charge on any atom is -0.332 e. The molecule has 1 aliphatic heterocycles. The number of allylic oxidation sites excluding steroid dienone is 2. The van der Waals surface area contributed by atoms with Crippen LogP contribution in [0.15, 0.2) is 12.2 Å². The van der Waals surface area contributed by atoms with Gasteiger partial charge in [-0.05, 0) is 31.6 Å². The highest BCUT2D eigenvalue weighted by Gasteiger charge is 2.26. The zero-order valence-electron chi connectivity index (χ0n) is 14.1. The van der Waals surface area contributed by atoms with Crippen LogP contribution in [-0.2, 0) is 4.79 Å². The second-order valence-electron chi connectivity index (χ2n) is 7.67. The Morgan fingerprint density at radius 2 is 1.82 bits per heavy atom. The van der Waals surface area contributed by atoms with Crippen molar-refractivity contribution in [1.29, 1.82) is 0 Å². The van der Waals surface area contributed by atoms with Crippen LogP contribution in [0.2, 0.25) is 0 Å². The molecule has 0 spiro atoms. The summed E-state index contributed by atoms with van der Waals surface area (Å²) in [5.74, 6) is 2.14. The second-order valence-corrected chi connectivity index (χ2v) is 7.67. The van der Waals surface area contributed by atoms with Gasteiger partial charge in [0.25, 0.3) is 0 Å². The first kappa shape index (κ1) is 16.0. The number of nitrogens with one attached hydrogen (secondary N) is 1. The van der Waals surface area contributed by atoms with E-state index in [4.69, 9.17) is 0 Å². The van der Waals surface area contributed by atoms with Gasteiger partial charge in [0, 0.05) is 12.3 Å². The average Bonchev–Trinajstić information content (AvgIpc) is 3.08. The molecule has 1 saturated heterocycles. The van der Waals surface area contributed by atoms with Gasteiger partial charge in [0.05, 0.1) is 32.7 Å². The molecular weight excluding hydrogens is 272 g/mol. The molecule has 1 atom stereocenters. The third-order valence-electron chi connectivity index (χ3n) is 6.02. The maximum atomic E-state index is 12.4. The smallest absolute Gasteiger partial charge is 0.222 e. The van der Waals surface area contributed by atoms with E-state index in [0.717, 1.165) is 50.9 Å². The molecule has 0 aromatic carbocycles. The Bertz CT molecular complexity index is 379. The third-order valence-corrected chi connectivity index (χ3v) is 6.02. The zero-order chi connectivity index (χ0) is 15.2. The fourth-order valence-electron chi connectivity index (χ4n) is 4.51. The van der Waals surface area contributed by atoms with Gasteiger partial charge < -0.3 is 9.80 Å². The summed E-state index contributed by atoms with van der Waals surface area (Å²) < 4.78 is 0. The molecule has 3 rings (SSSR count). The van der Waals surface area contributed by atoms with Crippen LogP contribution in [0.5, 0.6) is 0 Å². The first-order chi connectivity index (χ1) is 10.8. The molecule has 22 heavy (non-hydrogen) atoms.